The molecule has 21 heavy (non-hydrogen) atoms. The number of nitrogen functional groups attached to an aromatic ring is 1. The second kappa shape index (κ2) is 6.25. The van der Waals surface area contributed by atoms with Gasteiger partial charge in [0.05, 0.1) is 23.4 Å². The Hall–Kier alpha value is -1.25. The number of hydrogen-bond acceptors (Lipinski definition) is 4. The number of sulfonamides is 1. The van der Waals surface area contributed by atoms with Crippen LogP contribution >= 0.6 is 31.9 Å². The van der Waals surface area contributed by atoms with Crippen LogP contribution in [0.5, 0.6) is 5.75 Å². The first kappa shape index (κ1) is 16.1. The van der Waals surface area contributed by atoms with Crippen molar-refractivity contribution < 1.29 is 13.2 Å². The van der Waals surface area contributed by atoms with Crippen LogP contribution in [0.3, 0.4) is 0 Å². The molecule has 0 aliphatic heterocycles. The summed E-state index contributed by atoms with van der Waals surface area (Å²) in [7, 11) is -2.27. The first-order valence-corrected chi connectivity index (χ1v) is 8.82. The molecule has 0 fully saturated rings. The van der Waals surface area contributed by atoms with Crippen LogP contribution in [0.25, 0.3) is 0 Å². The normalized spacial score (nSPS) is 11.2. The fourth-order valence-corrected chi connectivity index (χ4v) is 3.60. The van der Waals surface area contributed by atoms with Crippen molar-refractivity contribution in [1.29, 1.82) is 0 Å². The number of ether oxygens (including phenoxy) is 1. The molecule has 0 saturated heterocycles. The molecule has 5 nitrogen and oxygen atoms in total. The molecule has 0 amide bonds. The van der Waals surface area contributed by atoms with E-state index in [-0.39, 0.29) is 10.6 Å². The maximum atomic E-state index is 12.4. The number of hydrogen-bond donors (Lipinski definition) is 2. The number of benzene rings is 2. The minimum Gasteiger partial charge on any atom is -0.495 e. The second-order valence-corrected chi connectivity index (χ2v) is 7.59. The van der Waals surface area contributed by atoms with Gasteiger partial charge in [-0.25, -0.2) is 8.42 Å². The number of methoxy groups -OCH3 is 1. The highest BCUT2D eigenvalue weighted by Crippen LogP contribution is 2.30. The van der Waals surface area contributed by atoms with Crippen molar-refractivity contribution in [3.8, 4) is 5.75 Å². The van der Waals surface area contributed by atoms with E-state index in [2.05, 4.69) is 36.6 Å². The molecule has 0 spiro atoms. The van der Waals surface area contributed by atoms with Crippen LogP contribution in [0.4, 0.5) is 11.4 Å². The molecule has 0 radical (unpaired) electrons. The van der Waals surface area contributed by atoms with Gasteiger partial charge in [-0.3, -0.25) is 4.72 Å². The van der Waals surface area contributed by atoms with Crippen molar-refractivity contribution in [3.63, 3.8) is 0 Å². The maximum absolute atomic E-state index is 12.4. The SMILES string of the molecule is COc1ccc(S(=O)(=O)Nc2cc(Br)ccc2Br)cc1N. The summed E-state index contributed by atoms with van der Waals surface area (Å²) < 4.78 is 33.7. The lowest BCUT2D eigenvalue weighted by molar-refractivity contribution is 0.416. The smallest absolute Gasteiger partial charge is 0.262 e. The van der Waals surface area contributed by atoms with Crippen LogP contribution in [0.2, 0.25) is 0 Å². The molecule has 0 bridgehead atoms. The number of rotatable bonds is 4. The molecule has 2 rings (SSSR count). The zero-order valence-electron chi connectivity index (χ0n) is 10.9. The van der Waals surface area contributed by atoms with Crippen LogP contribution in [0.1, 0.15) is 0 Å². The summed E-state index contributed by atoms with van der Waals surface area (Å²) in [6.07, 6.45) is 0. The molecule has 0 heterocycles. The van der Waals surface area contributed by atoms with Gasteiger partial charge < -0.3 is 10.5 Å². The van der Waals surface area contributed by atoms with Gasteiger partial charge in [-0.2, -0.15) is 0 Å². The van der Waals surface area contributed by atoms with Crippen LogP contribution in [0, 0.1) is 0 Å². The third kappa shape index (κ3) is 3.69. The number of halogens is 2. The van der Waals surface area contributed by atoms with Crippen molar-refractivity contribution >= 4 is 53.3 Å². The number of nitrogens with two attached hydrogens (primary N) is 1. The highest BCUT2D eigenvalue weighted by molar-refractivity contribution is 9.11. The van der Waals surface area contributed by atoms with Gasteiger partial charge >= 0.3 is 0 Å². The van der Waals surface area contributed by atoms with Crippen molar-refractivity contribution in [2.45, 2.75) is 4.90 Å². The third-order valence-electron chi connectivity index (χ3n) is 2.68. The van der Waals surface area contributed by atoms with E-state index in [0.717, 1.165) is 4.47 Å². The molecule has 2 aromatic rings. The quantitative estimate of drug-likeness (QED) is 0.718. The Labute approximate surface area is 139 Å². The Morgan fingerprint density at radius 3 is 2.48 bits per heavy atom. The van der Waals surface area contributed by atoms with Gasteiger partial charge in [0.1, 0.15) is 5.75 Å². The van der Waals surface area contributed by atoms with Crippen molar-refractivity contribution in [2.75, 3.05) is 17.6 Å². The molecule has 112 valence electrons. The van der Waals surface area contributed by atoms with Crippen LogP contribution < -0.4 is 15.2 Å². The first-order chi connectivity index (χ1) is 9.83. The van der Waals surface area contributed by atoms with E-state index in [0.29, 0.717) is 15.9 Å². The van der Waals surface area contributed by atoms with Crippen molar-refractivity contribution in [1.82, 2.24) is 0 Å². The Kier molecular flexibility index (Phi) is 4.80. The molecule has 0 atom stereocenters. The highest BCUT2D eigenvalue weighted by Gasteiger charge is 2.17. The van der Waals surface area contributed by atoms with Crippen LogP contribution in [-0.2, 0) is 10.0 Å². The Morgan fingerprint density at radius 1 is 1.14 bits per heavy atom. The highest BCUT2D eigenvalue weighted by atomic mass is 79.9. The zero-order chi connectivity index (χ0) is 15.6. The monoisotopic (exact) mass is 434 g/mol. The molecule has 0 saturated carbocycles. The average molecular weight is 436 g/mol. The maximum Gasteiger partial charge on any atom is 0.262 e. The topological polar surface area (TPSA) is 81.4 Å². The number of nitrogens with one attached hydrogen (secondary N) is 1. The molecule has 0 unspecified atom stereocenters. The van der Waals surface area contributed by atoms with Crippen LogP contribution in [-0.4, -0.2) is 15.5 Å². The molecule has 2 aromatic carbocycles. The van der Waals surface area contributed by atoms with E-state index in [1.807, 2.05) is 0 Å². The molecular weight excluding hydrogens is 424 g/mol. The molecule has 0 aliphatic carbocycles. The van der Waals surface area contributed by atoms with E-state index >= 15 is 0 Å². The number of anilines is 2. The fourth-order valence-electron chi connectivity index (χ4n) is 1.66. The van der Waals surface area contributed by atoms with Gasteiger partial charge in [-0.1, -0.05) is 15.9 Å². The van der Waals surface area contributed by atoms with Gasteiger partial charge in [0.2, 0.25) is 0 Å². The summed E-state index contributed by atoms with van der Waals surface area (Å²) >= 11 is 6.60. The summed E-state index contributed by atoms with van der Waals surface area (Å²) in [4.78, 5) is 0.0627. The van der Waals surface area contributed by atoms with E-state index in [1.165, 1.54) is 25.3 Å². The minimum absolute atomic E-state index is 0.0627. The lowest BCUT2D eigenvalue weighted by Crippen LogP contribution is -2.13. The molecule has 8 heteroatoms. The second-order valence-electron chi connectivity index (χ2n) is 4.13. The summed E-state index contributed by atoms with van der Waals surface area (Å²) in [5.74, 6) is 0.428. The van der Waals surface area contributed by atoms with Gasteiger partial charge in [-0.15, -0.1) is 0 Å². The predicted molar refractivity (Wildman–Crippen MR) is 90.1 cm³/mol. The van der Waals surface area contributed by atoms with E-state index < -0.39 is 10.0 Å². The van der Waals surface area contributed by atoms with E-state index in [9.17, 15) is 8.42 Å². The summed E-state index contributed by atoms with van der Waals surface area (Å²) in [6, 6.07) is 9.50. The summed E-state index contributed by atoms with van der Waals surface area (Å²) in [5, 5.41) is 0. The summed E-state index contributed by atoms with van der Waals surface area (Å²) in [5.41, 5.74) is 6.43. The third-order valence-corrected chi connectivity index (χ3v) is 5.23. The largest absolute Gasteiger partial charge is 0.495 e. The van der Waals surface area contributed by atoms with Gasteiger partial charge in [0.15, 0.2) is 0 Å². The predicted octanol–water partition coefficient (Wildman–Crippen LogP) is 3.60. The average Bonchev–Trinajstić information content (AvgIpc) is 2.42. The van der Waals surface area contributed by atoms with Gasteiger partial charge in [-0.05, 0) is 52.3 Å². The first-order valence-electron chi connectivity index (χ1n) is 5.75. The molecular formula is C13H12Br2N2O3S. The van der Waals surface area contributed by atoms with E-state index in [4.69, 9.17) is 10.5 Å². The lowest BCUT2D eigenvalue weighted by atomic mass is 10.3. The van der Waals surface area contributed by atoms with Crippen molar-refractivity contribution in [3.05, 3.63) is 45.3 Å². The molecule has 0 aromatic heterocycles. The van der Waals surface area contributed by atoms with Gasteiger partial charge in [0, 0.05) is 8.95 Å². The van der Waals surface area contributed by atoms with Gasteiger partial charge in [0.25, 0.3) is 10.0 Å². The summed E-state index contributed by atoms with van der Waals surface area (Å²) in [6.45, 7) is 0. The van der Waals surface area contributed by atoms with E-state index in [1.54, 1.807) is 18.2 Å². The Morgan fingerprint density at radius 2 is 1.86 bits per heavy atom. The molecule has 3 N–H and O–H groups in total. The standard InChI is InChI=1S/C13H12Br2N2O3S/c1-20-13-5-3-9(7-11(13)16)21(18,19)17-12-6-8(14)2-4-10(12)15/h2-7,17H,16H2,1H3. The minimum atomic E-state index is -3.74. The zero-order valence-corrected chi connectivity index (χ0v) is 14.9. The Bertz CT molecular complexity index is 779. The lowest BCUT2D eigenvalue weighted by Gasteiger charge is -2.12. The van der Waals surface area contributed by atoms with Crippen LogP contribution in [0.15, 0.2) is 50.2 Å². The Balaban J connectivity index is 2.38. The van der Waals surface area contributed by atoms with Crippen molar-refractivity contribution in [2.24, 2.45) is 0 Å². The fraction of sp³-hybridized carbons (Fsp3) is 0.0769. The molecule has 0 aliphatic rings.